The summed E-state index contributed by atoms with van der Waals surface area (Å²) >= 11 is 12.3. The van der Waals surface area contributed by atoms with E-state index in [-0.39, 0.29) is 24.8 Å². The second-order valence-electron chi connectivity index (χ2n) is 8.16. The number of carbonyl (C=O) groups is 2. The summed E-state index contributed by atoms with van der Waals surface area (Å²) in [6.07, 6.45) is 2.08. The molecule has 7 heteroatoms. The Kier molecular flexibility index (Phi) is 8.33. The van der Waals surface area contributed by atoms with Gasteiger partial charge in [-0.2, -0.15) is 5.26 Å². The maximum Gasteiger partial charge on any atom is 0.305 e. The van der Waals surface area contributed by atoms with E-state index in [0.717, 1.165) is 10.9 Å². The van der Waals surface area contributed by atoms with Crippen molar-refractivity contribution in [2.45, 2.75) is 31.7 Å². The van der Waals surface area contributed by atoms with Crippen molar-refractivity contribution < 1.29 is 14.7 Å². The van der Waals surface area contributed by atoms with Crippen LogP contribution in [0.5, 0.6) is 0 Å². The maximum atomic E-state index is 13.9. The van der Waals surface area contributed by atoms with Crippen molar-refractivity contribution in [2.75, 3.05) is 6.54 Å². The van der Waals surface area contributed by atoms with Crippen LogP contribution in [0, 0.1) is 11.3 Å². The number of carbonyl (C=O) groups excluding carboxylic acids is 1. The average molecular weight is 495 g/mol. The Morgan fingerprint density at radius 1 is 1.15 bits per heavy atom. The third kappa shape index (κ3) is 5.77. The number of rotatable bonds is 9. The van der Waals surface area contributed by atoms with Gasteiger partial charge in [0.05, 0.1) is 28.1 Å². The van der Waals surface area contributed by atoms with Crippen LogP contribution in [-0.4, -0.2) is 34.5 Å². The first-order valence-electron chi connectivity index (χ1n) is 10.8. The van der Waals surface area contributed by atoms with Gasteiger partial charge in [-0.1, -0.05) is 59.6 Å². The predicted octanol–water partition coefficient (Wildman–Crippen LogP) is 6.68. The van der Waals surface area contributed by atoms with E-state index in [2.05, 4.69) is 12.6 Å². The van der Waals surface area contributed by atoms with Crippen LogP contribution in [0.4, 0.5) is 0 Å². The number of benzene rings is 3. The molecule has 0 saturated carbocycles. The third-order valence-electron chi connectivity index (χ3n) is 5.77. The Morgan fingerprint density at radius 2 is 1.88 bits per heavy atom. The minimum absolute atomic E-state index is 0.183. The largest absolute Gasteiger partial charge is 0.481 e. The molecule has 0 aliphatic heterocycles. The lowest BCUT2D eigenvalue weighted by atomic mass is 9.93. The molecule has 1 amide bonds. The number of carboxylic acid groups (broad SMARTS) is 1. The zero-order chi connectivity index (χ0) is 24.8. The Hall–Kier alpha value is -3.33. The van der Waals surface area contributed by atoms with Crippen molar-refractivity contribution in [2.24, 2.45) is 0 Å². The van der Waals surface area contributed by atoms with E-state index in [4.69, 9.17) is 23.2 Å². The molecule has 1 N–H and O–H groups in total. The van der Waals surface area contributed by atoms with Crippen molar-refractivity contribution >= 4 is 45.9 Å². The summed E-state index contributed by atoms with van der Waals surface area (Å²) in [5, 5.41) is 21.2. The van der Waals surface area contributed by atoms with E-state index in [1.165, 1.54) is 0 Å². The van der Waals surface area contributed by atoms with Crippen molar-refractivity contribution in [1.82, 2.24) is 4.90 Å². The highest BCUT2D eigenvalue weighted by Crippen LogP contribution is 2.31. The van der Waals surface area contributed by atoms with Gasteiger partial charge in [-0.05, 0) is 53.9 Å². The summed E-state index contributed by atoms with van der Waals surface area (Å²) < 4.78 is 0. The number of allylic oxidation sites excluding steroid dienone is 1. The van der Waals surface area contributed by atoms with Crippen molar-refractivity contribution in [3.05, 3.63) is 94.0 Å². The Bertz CT molecular complexity index is 1280. The van der Waals surface area contributed by atoms with Gasteiger partial charge >= 0.3 is 5.97 Å². The molecular formula is C27H24Cl2N2O3. The third-order valence-corrected chi connectivity index (χ3v) is 6.51. The number of fused-ring (bicyclic) bond motifs is 1. The van der Waals surface area contributed by atoms with Gasteiger partial charge in [-0.25, -0.2) is 0 Å². The molecule has 0 aliphatic carbocycles. The van der Waals surface area contributed by atoms with E-state index in [1.54, 1.807) is 42.2 Å². The number of carboxylic acids is 1. The first-order chi connectivity index (χ1) is 16.2. The van der Waals surface area contributed by atoms with E-state index >= 15 is 0 Å². The van der Waals surface area contributed by atoms with Crippen LogP contribution in [0.15, 0.2) is 67.3 Å². The molecule has 0 fully saturated rings. The van der Waals surface area contributed by atoms with Crippen LogP contribution < -0.4 is 0 Å². The molecule has 2 unspecified atom stereocenters. The number of aliphatic carboxylic acids is 1. The van der Waals surface area contributed by atoms with Gasteiger partial charge in [0.1, 0.15) is 0 Å². The predicted molar refractivity (Wildman–Crippen MR) is 135 cm³/mol. The molecular weight excluding hydrogens is 471 g/mol. The average Bonchev–Trinajstić information content (AvgIpc) is 2.81. The lowest BCUT2D eigenvalue weighted by molar-refractivity contribution is -0.138. The molecule has 0 heterocycles. The number of nitrogens with zero attached hydrogens (tertiary/aromatic N) is 2. The number of hydrogen-bond acceptors (Lipinski definition) is 3. The zero-order valence-corrected chi connectivity index (χ0v) is 20.2. The Morgan fingerprint density at radius 3 is 2.53 bits per heavy atom. The summed E-state index contributed by atoms with van der Waals surface area (Å²) in [5.74, 6) is -1.52. The zero-order valence-electron chi connectivity index (χ0n) is 18.7. The summed E-state index contributed by atoms with van der Waals surface area (Å²) in [6.45, 7) is 5.79. The van der Waals surface area contributed by atoms with Crippen molar-refractivity contribution in [3.63, 3.8) is 0 Å². The SMILES string of the molecule is C=CCC(CN(C(=O)c1cc(C#N)cc2ccccc12)C(C)CC(=O)O)c1ccc(Cl)c(Cl)c1. The van der Waals surface area contributed by atoms with E-state index < -0.39 is 12.0 Å². The molecule has 34 heavy (non-hydrogen) atoms. The highest BCUT2D eigenvalue weighted by Gasteiger charge is 2.28. The van der Waals surface area contributed by atoms with Gasteiger partial charge in [-0.15, -0.1) is 6.58 Å². The molecule has 3 aromatic carbocycles. The molecule has 3 aromatic rings. The monoisotopic (exact) mass is 494 g/mol. The number of hydrogen-bond donors (Lipinski definition) is 1. The van der Waals surface area contributed by atoms with Crippen LogP contribution in [0.25, 0.3) is 10.8 Å². The van der Waals surface area contributed by atoms with Gasteiger partial charge in [0.25, 0.3) is 5.91 Å². The molecule has 0 spiro atoms. The Labute approximate surface area is 208 Å². The minimum atomic E-state index is -1.00. The second kappa shape index (κ2) is 11.2. The molecule has 3 rings (SSSR count). The van der Waals surface area contributed by atoms with E-state index in [1.807, 2.05) is 30.3 Å². The van der Waals surface area contributed by atoms with Crippen molar-refractivity contribution in [3.8, 4) is 6.07 Å². The second-order valence-corrected chi connectivity index (χ2v) is 8.97. The Balaban J connectivity index is 2.08. The fraction of sp³-hybridized carbons (Fsp3) is 0.222. The molecule has 0 aliphatic rings. The fourth-order valence-corrected chi connectivity index (χ4v) is 4.36. The molecule has 5 nitrogen and oxygen atoms in total. The fourth-order valence-electron chi connectivity index (χ4n) is 4.05. The van der Waals surface area contributed by atoms with Gasteiger partial charge in [-0.3, -0.25) is 9.59 Å². The maximum absolute atomic E-state index is 13.9. The summed E-state index contributed by atoms with van der Waals surface area (Å²) in [6, 6.07) is 17.4. The van der Waals surface area contributed by atoms with Crippen LogP contribution >= 0.6 is 23.2 Å². The van der Waals surface area contributed by atoms with Crippen molar-refractivity contribution in [1.29, 1.82) is 5.26 Å². The number of halogens is 2. The quantitative estimate of drug-likeness (QED) is 0.336. The summed E-state index contributed by atoms with van der Waals surface area (Å²) in [5.41, 5.74) is 1.59. The van der Waals surface area contributed by atoms with Crippen LogP contribution in [-0.2, 0) is 4.79 Å². The summed E-state index contributed by atoms with van der Waals surface area (Å²) in [4.78, 5) is 27.0. The normalized spacial score (nSPS) is 12.5. The number of amides is 1. The molecule has 2 atom stereocenters. The molecule has 174 valence electrons. The minimum Gasteiger partial charge on any atom is -0.481 e. The van der Waals surface area contributed by atoms with Crippen LogP contribution in [0.1, 0.15) is 47.2 Å². The first-order valence-corrected chi connectivity index (χ1v) is 11.5. The van der Waals surface area contributed by atoms with Gasteiger partial charge < -0.3 is 10.0 Å². The van der Waals surface area contributed by atoms with Crippen LogP contribution in [0.3, 0.4) is 0 Å². The van der Waals surface area contributed by atoms with Crippen LogP contribution in [0.2, 0.25) is 10.0 Å². The van der Waals surface area contributed by atoms with E-state index in [0.29, 0.717) is 33.0 Å². The van der Waals surface area contributed by atoms with Gasteiger partial charge in [0.15, 0.2) is 0 Å². The lowest BCUT2D eigenvalue weighted by Crippen LogP contribution is -2.42. The highest BCUT2D eigenvalue weighted by molar-refractivity contribution is 6.42. The molecule has 0 bridgehead atoms. The molecule has 0 saturated heterocycles. The summed E-state index contributed by atoms with van der Waals surface area (Å²) in [7, 11) is 0. The molecule has 0 radical (unpaired) electrons. The standard InChI is InChI=1S/C27H24Cl2N2O3/c1-3-6-21(19-9-10-24(28)25(29)14-19)16-31(17(2)11-26(32)33)27(34)23-13-18(15-30)12-20-7-4-5-8-22(20)23/h3-5,7-10,12-14,17,21H,1,6,11,16H2,2H3,(H,32,33). The first kappa shape index (κ1) is 25.3. The topological polar surface area (TPSA) is 81.4 Å². The lowest BCUT2D eigenvalue weighted by Gasteiger charge is -2.33. The van der Waals surface area contributed by atoms with Gasteiger partial charge in [0.2, 0.25) is 0 Å². The van der Waals surface area contributed by atoms with E-state index in [9.17, 15) is 20.0 Å². The van der Waals surface area contributed by atoms with Gasteiger partial charge in [0, 0.05) is 24.1 Å². The number of nitriles is 1. The molecule has 0 aromatic heterocycles. The smallest absolute Gasteiger partial charge is 0.305 e. The highest BCUT2D eigenvalue weighted by atomic mass is 35.5.